The van der Waals surface area contributed by atoms with E-state index < -0.39 is 11.0 Å². The Morgan fingerprint density at radius 2 is 2.00 bits per heavy atom. The molecule has 2 bridgehead atoms. The molecule has 2 aliphatic carbocycles. The van der Waals surface area contributed by atoms with Crippen LogP contribution in [-0.2, 0) is 11.8 Å². The first kappa shape index (κ1) is 20.3. The molecule has 2 fully saturated rings. The molecule has 1 saturated heterocycles. The molecule has 168 valence electrons. The van der Waals surface area contributed by atoms with Crippen LogP contribution in [-0.4, -0.2) is 58.5 Å². The van der Waals surface area contributed by atoms with Gasteiger partial charge in [0.05, 0.1) is 11.0 Å². The van der Waals surface area contributed by atoms with Crippen LogP contribution in [0.25, 0.3) is 6.08 Å². The first-order chi connectivity index (χ1) is 15.4. The van der Waals surface area contributed by atoms with Gasteiger partial charge in [0.25, 0.3) is 0 Å². The Hall–Kier alpha value is -2.34. The van der Waals surface area contributed by atoms with Crippen LogP contribution in [0.5, 0.6) is 11.5 Å². The second-order valence-corrected chi connectivity index (χ2v) is 10.2. The molecule has 0 amide bonds. The maximum absolute atomic E-state index is 12.2. The zero-order valence-corrected chi connectivity index (χ0v) is 18.8. The van der Waals surface area contributed by atoms with Crippen LogP contribution >= 0.6 is 0 Å². The Labute approximate surface area is 189 Å². The van der Waals surface area contributed by atoms with Crippen molar-refractivity contribution in [2.24, 2.45) is 0 Å². The number of likely N-dealkylation sites (tertiary alicyclic amines) is 1. The summed E-state index contributed by atoms with van der Waals surface area (Å²) in [6, 6.07) is 14.5. The van der Waals surface area contributed by atoms with Gasteiger partial charge < -0.3 is 25.2 Å². The number of hydrogen-bond donors (Lipinski definition) is 3. The molecule has 2 aromatic carbocycles. The number of benzene rings is 2. The van der Waals surface area contributed by atoms with E-state index in [4.69, 9.17) is 4.74 Å². The van der Waals surface area contributed by atoms with E-state index in [0.29, 0.717) is 5.75 Å². The molecule has 6 atom stereocenters. The lowest BCUT2D eigenvalue weighted by molar-refractivity contribution is -0.187. The third-order valence-corrected chi connectivity index (χ3v) is 8.58. The van der Waals surface area contributed by atoms with Gasteiger partial charge in [0.2, 0.25) is 0 Å². The zero-order chi connectivity index (χ0) is 22.1. The molecule has 5 nitrogen and oxygen atoms in total. The number of piperidine rings is 1. The number of rotatable bonds is 4. The minimum absolute atomic E-state index is 0.0849. The Morgan fingerprint density at radius 1 is 1.19 bits per heavy atom. The average molecular weight is 433 g/mol. The van der Waals surface area contributed by atoms with Crippen LogP contribution in [0.1, 0.15) is 42.9 Å². The van der Waals surface area contributed by atoms with E-state index in [9.17, 15) is 10.2 Å². The second kappa shape index (κ2) is 7.08. The summed E-state index contributed by atoms with van der Waals surface area (Å²) < 4.78 is 6.57. The highest BCUT2D eigenvalue weighted by Crippen LogP contribution is 2.65. The fraction of sp³-hybridized carbons (Fsp3) is 0.481. The van der Waals surface area contributed by atoms with Crippen molar-refractivity contribution < 1.29 is 14.9 Å². The molecule has 4 aliphatic rings. The Kier molecular flexibility index (Phi) is 4.49. The van der Waals surface area contributed by atoms with E-state index >= 15 is 0 Å². The van der Waals surface area contributed by atoms with Gasteiger partial charge in [-0.15, -0.1) is 0 Å². The van der Waals surface area contributed by atoms with Crippen molar-refractivity contribution in [1.29, 1.82) is 0 Å². The summed E-state index contributed by atoms with van der Waals surface area (Å²) in [6.07, 6.45) is 7.39. The molecule has 1 spiro atoms. The molecule has 1 saturated carbocycles. The fourth-order valence-corrected chi connectivity index (χ4v) is 7.14. The van der Waals surface area contributed by atoms with Gasteiger partial charge in [-0.05, 0) is 63.4 Å². The van der Waals surface area contributed by atoms with Crippen molar-refractivity contribution in [2.45, 2.75) is 67.9 Å². The van der Waals surface area contributed by atoms with E-state index in [0.717, 1.165) is 37.8 Å². The monoisotopic (exact) mass is 432 g/mol. The van der Waals surface area contributed by atoms with Crippen LogP contribution in [0, 0.1) is 0 Å². The number of hydrogen-bond acceptors (Lipinski definition) is 5. The van der Waals surface area contributed by atoms with Gasteiger partial charge >= 0.3 is 0 Å². The summed E-state index contributed by atoms with van der Waals surface area (Å²) in [7, 11) is 2.13. The van der Waals surface area contributed by atoms with Crippen molar-refractivity contribution in [3.8, 4) is 11.5 Å². The fourth-order valence-electron chi connectivity index (χ4n) is 7.14. The molecular weight excluding hydrogens is 400 g/mol. The number of likely N-dealkylation sites (N-methyl/N-ethyl adjacent to an activating group) is 1. The van der Waals surface area contributed by atoms with E-state index in [-0.39, 0.29) is 30.0 Å². The maximum atomic E-state index is 12.2. The Bertz CT molecular complexity index is 1070. The highest BCUT2D eigenvalue weighted by atomic mass is 16.5. The van der Waals surface area contributed by atoms with Gasteiger partial charge in [-0.2, -0.15) is 0 Å². The van der Waals surface area contributed by atoms with E-state index in [2.05, 4.69) is 48.5 Å². The smallest absolute Gasteiger partial charge is 0.165 e. The third kappa shape index (κ3) is 2.62. The molecule has 32 heavy (non-hydrogen) atoms. The minimum atomic E-state index is -0.835. The molecule has 0 radical (unpaired) electrons. The lowest BCUT2D eigenvalue weighted by Gasteiger charge is -2.63. The Balaban J connectivity index is 1.36. The van der Waals surface area contributed by atoms with E-state index in [1.165, 1.54) is 11.1 Å². The van der Waals surface area contributed by atoms with Crippen LogP contribution in [0.4, 0.5) is 0 Å². The molecule has 2 aliphatic heterocycles. The molecule has 3 N–H and O–H groups in total. The number of nitrogens with zero attached hydrogens (tertiary/aromatic N) is 1. The molecule has 2 heterocycles. The first-order valence-electron chi connectivity index (χ1n) is 11.9. The minimum Gasteiger partial charge on any atom is -0.504 e. The number of phenolic OH excluding ortho intramolecular Hbond substituents is 1. The van der Waals surface area contributed by atoms with Crippen LogP contribution in [0.3, 0.4) is 0 Å². The third-order valence-electron chi connectivity index (χ3n) is 8.58. The summed E-state index contributed by atoms with van der Waals surface area (Å²) in [5.74, 6) is 0.804. The topological polar surface area (TPSA) is 65.0 Å². The van der Waals surface area contributed by atoms with E-state index in [1.807, 2.05) is 24.3 Å². The van der Waals surface area contributed by atoms with Gasteiger partial charge in [-0.3, -0.25) is 0 Å². The maximum Gasteiger partial charge on any atom is 0.165 e. The molecule has 2 aromatic rings. The zero-order valence-electron chi connectivity index (χ0n) is 18.8. The van der Waals surface area contributed by atoms with Crippen LogP contribution < -0.4 is 10.1 Å². The van der Waals surface area contributed by atoms with Crippen molar-refractivity contribution in [3.63, 3.8) is 0 Å². The Morgan fingerprint density at radius 3 is 2.81 bits per heavy atom. The van der Waals surface area contributed by atoms with Crippen molar-refractivity contribution in [1.82, 2.24) is 10.2 Å². The lowest BCUT2D eigenvalue weighted by atomic mass is 9.48. The quantitative estimate of drug-likeness (QED) is 0.692. The highest BCUT2D eigenvalue weighted by Gasteiger charge is 2.72. The lowest BCUT2D eigenvalue weighted by Crippen LogP contribution is -2.77. The summed E-state index contributed by atoms with van der Waals surface area (Å²) in [5.41, 5.74) is 2.18. The largest absolute Gasteiger partial charge is 0.504 e. The summed E-state index contributed by atoms with van der Waals surface area (Å²) >= 11 is 0. The van der Waals surface area contributed by atoms with Crippen LogP contribution in [0.2, 0.25) is 0 Å². The number of phenols is 1. The first-order valence-corrected chi connectivity index (χ1v) is 11.9. The number of nitrogens with one attached hydrogen (secondary N) is 1. The molecule has 0 aromatic heterocycles. The highest BCUT2D eigenvalue weighted by molar-refractivity contribution is 5.62. The van der Waals surface area contributed by atoms with Gasteiger partial charge in [0.1, 0.15) is 6.10 Å². The molecule has 6 rings (SSSR count). The summed E-state index contributed by atoms with van der Waals surface area (Å²) in [5, 5.41) is 26.7. The van der Waals surface area contributed by atoms with E-state index in [1.54, 1.807) is 6.07 Å². The normalized spacial score (nSPS) is 36.0. The van der Waals surface area contributed by atoms with Crippen molar-refractivity contribution >= 4 is 6.08 Å². The second-order valence-electron chi connectivity index (χ2n) is 10.2. The molecule has 3 unspecified atom stereocenters. The van der Waals surface area contributed by atoms with Gasteiger partial charge in [-0.25, -0.2) is 0 Å². The molecular formula is C27H32N2O3. The van der Waals surface area contributed by atoms with Gasteiger partial charge in [-0.1, -0.05) is 48.6 Å². The standard InChI is InChI=1S/C27H32N2O3/c1-17(8-9-18-6-4-3-5-7-18)28-20-12-13-27(31)22-16-19-10-11-21(30)24-23(19)26(27,25(20)32-24)14-15-29(22)2/h3-11,17,20,22,25,28,30-31H,12-16H2,1-2H3/b9-8+/t17?,20?,22-,25?,26+,27-/m1/s1. The molecule has 5 heteroatoms. The van der Waals surface area contributed by atoms with Crippen molar-refractivity contribution in [2.75, 3.05) is 13.6 Å². The average Bonchev–Trinajstić information content (AvgIpc) is 3.15. The number of aliphatic hydroxyl groups is 1. The summed E-state index contributed by atoms with van der Waals surface area (Å²) in [6.45, 7) is 3.10. The van der Waals surface area contributed by atoms with Gasteiger partial charge in [0, 0.05) is 23.7 Å². The number of aromatic hydroxyl groups is 1. The van der Waals surface area contributed by atoms with Crippen LogP contribution in [0.15, 0.2) is 48.5 Å². The van der Waals surface area contributed by atoms with Gasteiger partial charge in [0.15, 0.2) is 11.5 Å². The predicted molar refractivity (Wildman–Crippen MR) is 125 cm³/mol. The van der Waals surface area contributed by atoms with Crippen molar-refractivity contribution in [3.05, 3.63) is 65.2 Å². The number of ether oxygens (including phenoxy) is 1. The summed E-state index contributed by atoms with van der Waals surface area (Å²) in [4.78, 5) is 2.33. The SMILES string of the molecule is CC(/C=C/c1ccccc1)NC1CC[C@@]2(O)[C@H]3Cc4ccc(O)c5c4[C@@]2(CCN3C)C1O5. The predicted octanol–water partition coefficient (Wildman–Crippen LogP) is 3.24.